The average molecular weight is 811 g/mol. The van der Waals surface area contributed by atoms with E-state index >= 15 is 4.39 Å². The predicted molar refractivity (Wildman–Crippen MR) is 221 cm³/mol. The number of halogens is 1. The Morgan fingerprint density at radius 1 is 1.02 bits per heavy atom. The largest absolute Gasteiger partial charge is 0.496 e. The molecule has 12 nitrogen and oxygen atoms in total. The van der Waals surface area contributed by atoms with Crippen LogP contribution in [0.3, 0.4) is 0 Å². The van der Waals surface area contributed by atoms with Crippen molar-refractivity contribution in [1.82, 2.24) is 29.4 Å². The van der Waals surface area contributed by atoms with E-state index in [1.807, 2.05) is 60.7 Å². The van der Waals surface area contributed by atoms with E-state index < -0.39 is 48.0 Å². The molecule has 2 N–H and O–H groups in total. The monoisotopic (exact) mass is 810 g/mol. The molecule has 0 bridgehead atoms. The Morgan fingerprint density at radius 2 is 1.67 bits per heavy atom. The zero-order valence-electron chi connectivity index (χ0n) is 32.7. The number of amides is 1. The maximum atomic E-state index is 15.1. The van der Waals surface area contributed by atoms with Gasteiger partial charge in [-0.25, -0.2) is 13.8 Å². The van der Waals surface area contributed by atoms with Crippen LogP contribution >= 0.6 is 11.3 Å². The van der Waals surface area contributed by atoms with Gasteiger partial charge in [-0.2, -0.15) is 10.2 Å². The number of aromatic nitrogens is 5. The maximum absolute atomic E-state index is 15.1. The number of piperidine rings is 1. The van der Waals surface area contributed by atoms with Gasteiger partial charge in [-0.15, -0.1) is 4.80 Å². The van der Waals surface area contributed by atoms with E-state index in [0.717, 1.165) is 14.9 Å². The molecule has 57 heavy (non-hydrogen) atoms. The highest BCUT2D eigenvalue weighted by atomic mass is 32.1. The number of hydrogen-bond acceptors (Lipinski definition) is 9. The van der Waals surface area contributed by atoms with Gasteiger partial charge in [0.2, 0.25) is 5.91 Å². The number of ether oxygens (including phenoxy) is 2. The third-order valence-corrected chi connectivity index (χ3v) is 17.2. The van der Waals surface area contributed by atoms with Crippen LogP contribution in [0.1, 0.15) is 63.7 Å². The van der Waals surface area contributed by atoms with Crippen LogP contribution in [0.4, 0.5) is 4.39 Å². The smallest absolute Gasteiger partial charge is 0.333 e. The van der Waals surface area contributed by atoms with Crippen molar-refractivity contribution < 1.29 is 23.5 Å². The Labute approximate surface area is 334 Å². The lowest BCUT2D eigenvalue weighted by molar-refractivity contribution is -0.131. The summed E-state index contributed by atoms with van der Waals surface area (Å²) < 4.78 is 29.9. The first kappa shape index (κ1) is 40.0. The maximum Gasteiger partial charge on any atom is 0.333 e. The highest BCUT2D eigenvalue weighted by Crippen LogP contribution is 2.41. The van der Waals surface area contributed by atoms with Crippen LogP contribution in [0.15, 0.2) is 101 Å². The van der Waals surface area contributed by atoms with Gasteiger partial charge < -0.3 is 19.6 Å². The third-order valence-electron chi connectivity index (χ3n) is 11.4. The van der Waals surface area contributed by atoms with Crippen molar-refractivity contribution in [3.63, 3.8) is 0 Å². The third kappa shape index (κ3) is 7.17. The fraction of sp³-hybridized carbons (Fsp3) is 0.357. The molecule has 4 heterocycles. The van der Waals surface area contributed by atoms with Gasteiger partial charge in [0.05, 0.1) is 31.4 Å². The summed E-state index contributed by atoms with van der Waals surface area (Å²) in [6.07, 6.45) is 4.06. The standard InChI is InChI=1S/C42H47FN6O6SSi/c1-28-35-36(50)48(42(4)21-12-22-44-39(42)51)40(52)47(38(35)56-37(28)49-45-23-24-46-49)27-34(32-26-29(43)18-19-33(32)54-5)55-25-13-20-41(2,3)57(53,30-14-8-6-9-15-30)31-16-10-7-11-17-31/h6-11,14-19,23-24,26,34,53H,12-13,20-22,25,27H2,1-5H3,(H,44,51)/t34-,42+/m0/s1. The number of benzene rings is 3. The molecule has 1 fully saturated rings. The van der Waals surface area contributed by atoms with Gasteiger partial charge in [0.1, 0.15) is 33.0 Å². The molecule has 0 unspecified atom stereocenters. The molecule has 7 rings (SSSR count). The lowest BCUT2D eigenvalue weighted by Gasteiger charge is -2.41. The molecule has 1 aliphatic heterocycles. The molecule has 2 atom stereocenters. The molecule has 15 heteroatoms. The number of aryl methyl sites for hydroxylation is 1. The van der Waals surface area contributed by atoms with Crippen LogP contribution in [0.2, 0.25) is 5.04 Å². The Balaban J connectivity index is 1.29. The van der Waals surface area contributed by atoms with Gasteiger partial charge >= 0.3 is 5.69 Å². The number of carbonyl (C=O) groups is 1. The number of nitrogens with one attached hydrogen (secondary N) is 1. The molecule has 0 aliphatic carbocycles. The second-order valence-corrected chi connectivity index (χ2v) is 20.3. The molecule has 1 amide bonds. The second-order valence-electron chi connectivity index (χ2n) is 15.4. The first-order valence-electron chi connectivity index (χ1n) is 19.0. The molecule has 1 saturated heterocycles. The molecule has 0 saturated carbocycles. The Hall–Kier alpha value is -5.22. The Bertz CT molecular complexity index is 2470. The van der Waals surface area contributed by atoms with Crippen LogP contribution in [0.5, 0.6) is 5.75 Å². The summed E-state index contributed by atoms with van der Waals surface area (Å²) in [5.41, 5.74) is -1.82. The molecular formula is C42H47FN6O6SSi. The van der Waals surface area contributed by atoms with E-state index in [1.54, 1.807) is 13.8 Å². The second kappa shape index (κ2) is 16.0. The van der Waals surface area contributed by atoms with E-state index in [-0.39, 0.29) is 25.0 Å². The number of methoxy groups -OCH3 is 1. The normalized spacial score (nSPS) is 16.8. The van der Waals surface area contributed by atoms with Crippen LogP contribution in [0, 0.1) is 12.7 Å². The summed E-state index contributed by atoms with van der Waals surface area (Å²) in [6.45, 7) is 8.02. The highest BCUT2D eigenvalue weighted by Gasteiger charge is 2.49. The van der Waals surface area contributed by atoms with Gasteiger partial charge in [0, 0.05) is 24.3 Å². The highest BCUT2D eigenvalue weighted by molar-refractivity contribution is 7.21. The molecule has 6 aromatic rings. The Morgan fingerprint density at radius 3 is 2.28 bits per heavy atom. The quantitative estimate of drug-likeness (QED) is 0.116. The minimum Gasteiger partial charge on any atom is -0.496 e. The van der Waals surface area contributed by atoms with Crippen LogP contribution in [-0.2, 0) is 21.6 Å². The van der Waals surface area contributed by atoms with Crippen molar-refractivity contribution in [3.05, 3.63) is 129 Å². The lowest BCUT2D eigenvalue weighted by atomic mass is 9.91. The number of nitrogens with zero attached hydrogens (tertiary/aromatic N) is 5. The summed E-state index contributed by atoms with van der Waals surface area (Å²) >= 11 is 1.18. The molecule has 1 aliphatic rings. The minimum atomic E-state index is -3.31. The summed E-state index contributed by atoms with van der Waals surface area (Å²) in [5.74, 6) is -0.579. The van der Waals surface area contributed by atoms with E-state index in [2.05, 4.69) is 29.4 Å². The predicted octanol–water partition coefficient (Wildman–Crippen LogP) is 4.96. The van der Waals surface area contributed by atoms with Gasteiger partial charge in [0.15, 0.2) is 0 Å². The molecule has 3 aromatic carbocycles. The van der Waals surface area contributed by atoms with Crippen molar-refractivity contribution in [2.45, 2.75) is 76.6 Å². The molecular weight excluding hydrogens is 764 g/mol. The lowest BCUT2D eigenvalue weighted by Crippen LogP contribution is -2.65. The topological polar surface area (TPSA) is 142 Å². The number of hydrogen-bond donors (Lipinski definition) is 2. The van der Waals surface area contributed by atoms with E-state index in [4.69, 9.17) is 9.47 Å². The SMILES string of the molecule is COc1ccc(F)cc1[C@H](Cn1c(=O)n([C@]2(C)CCCNC2=O)c(=O)c2c(C)c(-n3nccn3)sc21)OCCCC(C)(C)[Si](O)(c1ccccc1)c1ccccc1. The van der Waals surface area contributed by atoms with Crippen LogP contribution < -0.4 is 31.7 Å². The fourth-order valence-corrected chi connectivity index (χ4v) is 13.2. The van der Waals surface area contributed by atoms with Crippen molar-refractivity contribution >= 4 is 46.2 Å². The van der Waals surface area contributed by atoms with E-state index in [1.165, 1.54) is 58.4 Å². The number of rotatable bonds is 14. The molecule has 3 aromatic heterocycles. The summed E-state index contributed by atoms with van der Waals surface area (Å²) in [7, 11) is -1.82. The minimum absolute atomic E-state index is 0.144. The van der Waals surface area contributed by atoms with Gasteiger partial charge in [-0.1, -0.05) is 85.8 Å². The number of carbonyl (C=O) groups excluding carboxylic acids is 1. The van der Waals surface area contributed by atoms with Crippen LogP contribution in [0.25, 0.3) is 15.2 Å². The summed E-state index contributed by atoms with van der Waals surface area (Å²) in [5, 5.41) is 13.5. The number of thiophene rings is 1. The molecule has 0 spiro atoms. The van der Waals surface area contributed by atoms with Crippen LogP contribution in [-0.4, -0.2) is 63.4 Å². The molecule has 0 radical (unpaired) electrons. The average Bonchev–Trinajstić information content (AvgIpc) is 3.87. The van der Waals surface area contributed by atoms with Crippen molar-refractivity contribution in [2.75, 3.05) is 20.3 Å². The Kier molecular flexibility index (Phi) is 11.2. The summed E-state index contributed by atoms with van der Waals surface area (Å²) in [4.78, 5) is 57.2. The zero-order chi connectivity index (χ0) is 40.5. The first-order valence-corrected chi connectivity index (χ1v) is 21.8. The van der Waals surface area contributed by atoms with Crippen molar-refractivity contribution in [2.24, 2.45) is 0 Å². The molecule has 298 valence electrons. The number of fused-ring (bicyclic) bond motifs is 1. The first-order chi connectivity index (χ1) is 27.3. The summed E-state index contributed by atoms with van der Waals surface area (Å²) in [6, 6.07) is 23.7. The van der Waals surface area contributed by atoms with E-state index in [9.17, 15) is 19.2 Å². The van der Waals surface area contributed by atoms with Crippen molar-refractivity contribution in [1.29, 1.82) is 0 Å². The van der Waals surface area contributed by atoms with Gasteiger partial charge in [-0.05, 0) is 73.1 Å². The van der Waals surface area contributed by atoms with Gasteiger partial charge in [0.25, 0.3) is 13.9 Å². The van der Waals surface area contributed by atoms with E-state index in [0.29, 0.717) is 52.5 Å². The fourth-order valence-electron chi connectivity index (χ4n) is 8.19. The van der Waals surface area contributed by atoms with Gasteiger partial charge in [-0.3, -0.25) is 14.2 Å². The van der Waals surface area contributed by atoms with Crippen molar-refractivity contribution in [3.8, 4) is 10.8 Å². The zero-order valence-corrected chi connectivity index (χ0v) is 34.5.